The van der Waals surface area contributed by atoms with E-state index in [4.69, 9.17) is 4.74 Å². The molecule has 0 radical (unpaired) electrons. The van der Waals surface area contributed by atoms with Gasteiger partial charge < -0.3 is 9.64 Å². The molecule has 0 saturated heterocycles. The summed E-state index contributed by atoms with van der Waals surface area (Å²) in [7, 11) is 1.62. The second-order valence-corrected chi connectivity index (χ2v) is 8.47. The number of carbonyl (C=O) groups excluding carboxylic acids is 2. The van der Waals surface area contributed by atoms with Gasteiger partial charge in [0.2, 0.25) is 0 Å². The van der Waals surface area contributed by atoms with Gasteiger partial charge in [-0.1, -0.05) is 25.3 Å². The molecule has 1 aliphatic carbocycles. The van der Waals surface area contributed by atoms with Crippen LogP contribution in [0.3, 0.4) is 0 Å². The zero-order chi connectivity index (χ0) is 19.4. The highest BCUT2D eigenvalue weighted by atomic mass is 32.1. The summed E-state index contributed by atoms with van der Waals surface area (Å²) in [6.45, 7) is 1.54. The van der Waals surface area contributed by atoms with Crippen molar-refractivity contribution >= 4 is 34.6 Å². The Morgan fingerprint density at radius 3 is 2.70 bits per heavy atom. The molecule has 1 fully saturated rings. The largest absolute Gasteiger partial charge is 0.448 e. The maximum atomic E-state index is 12.7. The maximum absolute atomic E-state index is 12.7. The van der Waals surface area contributed by atoms with Crippen LogP contribution >= 0.6 is 22.7 Å². The number of hydrogen-bond acceptors (Lipinski definition) is 7. The predicted molar refractivity (Wildman–Crippen MR) is 105 cm³/mol. The molecule has 0 unspecified atom stereocenters. The van der Waals surface area contributed by atoms with Crippen LogP contribution in [0.15, 0.2) is 22.9 Å². The number of rotatable bonds is 5. The van der Waals surface area contributed by atoms with E-state index in [1.807, 2.05) is 17.5 Å². The average molecular weight is 404 g/mol. The first-order valence-corrected chi connectivity index (χ1v) is 10.6. The number of hydrogen-bond donors (Lipinski definition) is 0. The van der Waals surface area contributed by atoms with Gasteiger partial charge >= 0.3 is 5.97 Å². The number of esters is 1. The minimum Gasteiger partial charge on any atom is -0.448 e. The van der Waals surface area contributed by atoms with Crippen LogP contribution < -0.4 is 0 Å². The monoisotopic (exact) mass is 403 g/mol. The molecule has 0 N–H and O–H groups in total. The van der Waals surface area contributed by atoms with Crippen molar-refractivity contribution in [3.05, 3.63) is 28.6 Å². The number of thiazole rings is 1. The van der Waals surface area contributed by atoms with Gasteiger partial charge in [0.15, 0.2) is 11.8 Å². The van der Waals surface area contributed by atoms with Crippen LogP contribution in [0.4, 0.5) is 0 Å². The SMILES string of the molecule is C[C@@H](OC(=O)c1csc(-c2cccs2)n1)C(=O)N(C)C1(C#N)CCCCC1. The first-order chi connectivity index (χ1) is 13.0. The number of nitrogens with zero attached hydrogens (tertiary/aromatic N) is 3. The summed E-state index contributed by atoms with van der Waals surface area (Å²) in [5.41, 5.74) is -0.610. The third-order valence-corrected chi connectivity index (χ3v) is 6.82. The Morgan fingerprint density at radius 1 is 1.33 bits per heavy atom. The lowest BCUT2D eigenvalue weighted by Crippen LogP contribution is -2.53. The van der Waals surface area contributed by atoms with E-state index in [2.05, 4.69) is 11.1 Å². The first-order valence-electron chi connectivity index (χ1n) is 8.86. The summed E-state index contributed by atoms with van der Waals surface area (Å²) in [6.07, 6.45) is 3.26. The molecule has 142 valence electrons. The van der Waals surface area contributed by atoms with Crippen molar-refractivity contribution in [1.82, 2.24) is 9.88 Å². The summed E-state index contributed by atoms with van der Waals surface area (Å²) >= 11 is 2.91. The molecular formula is C19H21N3O3S2. The Kier molecular flexibility index (Phi) is 5.92. The highest BCUT2D eigenvalue weighted by molar-refractivity contribution is 7.20. The summed E-state index contributed by atoms with van der Waals surface area (Å²) in [6, 6.07) is 6.17. The van der Waals surface area contributed by atoms with Crippen molar-refractivity contribution in [2.45, 2.75) is 50.7 Å². The summed E-state index contributed by atoms with van der Waals surface area (Å²) in [5, 5.41) is 14.0. The standard InChI is InChI=1S/C19H21N3O3S2/c1-13(17(23)22(2)19(12-20)8-4-3-5-9-19)25-18(24)14-11-27-16(21-14)15-7-6-10-26-15/h6-7,10-11,13H,3-5,8-9H2,1-2H3/t13-/m1/s1. The Bertz CT molecular complexity index is 848. The van der Waals surface area contributed by atoms with Crippen molar-refractivity contribution in [3.8, 4) is 16.0 Å². The molecule has 1 saturated carbocycles. The van der Waals surface area contributed by atoms with Gasteiger partial charge in [0, 0.05) is 12.4 Å². The lowest BCUT2D eigenvalue weighted by atomic mass is 9.81. The number of carbonyl (C=O) groups is 2. The summed E-state index contributed by atoms with van der Waals surface area (Å²) in [5.74, 6) is -0.988. The Balaban J connectivity index is 1.65. The number of thiophene rings is 1. The van der Waals surface area contributed by atoms with E-state index in [0.29, 0.717) is 12.8 Å². The number of aromatic nitrogens is 1. The van der Waals surface area contributed by atoms with Crippen molar-refractivity contribution in [1.29, 1.82) is 5.26 Å². The zero-order valence-corrected chi connectivity index (χ0v) is 16.9. The van der Waals surface area contributed by atoms with E-state index < -0.39 is 17.6 Å². The number of ether oxygens (including phenoxy) is 1. The summed E-state index contributed by atoms with van der Waals surface area (Å²) < 4.78 is 5.34. The van der Waals surface area contributed by atoms with Crippen molar-refractivity contribution in [2.24, 2.45) is 0 Å². The molecule has 2 aromatic heterocycles. The van der Waals surface area contributed by atoms with Gasteiger partial charge in [0.1, 0.15) is 10.5 Å². The predicted octanol–water partition coefficient (Wildman–Crippen LogP) is 4.10. The third-order valence-electron chi connectivity index (χ3n) is 4.94. The van der Waals surface area contributed by atoms with Gasteiger partial charge in [-0.3, -0.25) is 4.79 Å². The molecule has 0 spiro atoms. The Labute approximate surface area is 166 Å². The molecule has 0 aromatic carbocycles. The van der Waals surface area contributed by atoms with Crippen molar-refractivity contribution in [2.75, 3.05) is 7.05 Å². The van der Waals surface area contributed by atoms with Gasteiger partial charge in [-0.05, 0) is 31.2 Å². The molecule has 27 heavy (non-hydrogen) atoms. The van der Waals surface area contributed by atoms with Crippen molar-refractivity contribution < 1.29 is 14.3 Å². The lowest BCUT2D eigenvalue weighted by molar-refractivity contribution is -0.143. The molecule has 8 heteroatoms. The third kappa shape index (κ3) is 4.04. The van der Waals surface area contributed by atoms with E-state index in [1.165, 1.54) is 23.2 Å². The molecular weight excluding hydrogens is 382 g/mol. The van der Waals surface area contributed by atoms with Crippen LogP contribution in [-0.2, 0) is 9.53 Å². The van der Waals surface area contributed by atoms with Gasteiger partial charge in [0.25, 0.3) is 5.91 Å². The molecule has 2 aromatic rings. The van der Waals surface area contributed by atoms with Crippen LogP contribution in [0.25, 0.3) is 9.88 Å². The molecule has 2 heterocycles. The van der Waals surface area contributed by atoms with Crippen LogP contribution in [0.1, 0.15) is 49.5 Å². The highest BCUT2D eigenvalue weighted by Crippen LogP contribution is 2.33. The molecule has 1 amide bonds. The van der Waals surface area contributed by atoms with Crippen LogP contribution in [0.5, 0.6) is 0 Å². The second-order valence-electron chi connectivity index (χ2n) is 6.66. The summed E-state index contributed by atoms with van der Waals surface area (Å²) in [4.78, 5) is 31.9. The zero-order valence-electron chi connectivity index (χ0n) is 15.3. The fourth-order valence-electron chi connectivity index (χ4n) is 3.29. The molecule has 1 atom stereocenters. The van der Waals surface area contributed by atoms with Gasteiger partial charge in [-0.25, -0.2) is 9.78 Å². The van der Waals surface area contributed by atoms with Gasteiger partial charge in [-0.15, -0.1) is 22.7 Å². The molecule has 6 nitrogen and oxygen atoms in total. The Hall–Kier alpha value is -2.24. The van der Waals surface area contributed by atoms with Crippen LogP contribution in [-0.4, -0.2) is 40.5 Å². The minimum atomic E-state index is -0.971. The normalized spacial score (nSPS) is 16.9. The molecule has 0 aliphatic heterocycles. The molecule has 1 aliphatic rings. The van der Waals surface area contributed by atoms with Gasteiger partial charge in [0.05, 0.1) is 10.9 Å². The first kappa shape index (κ1) is 19.5. The van der Waals surface area contributed by atoms with E-state index in [0.717, 1.165) is 29.1 Å². The van der Waals surface area contributed by atoms with E-state index in [1.54, 1.807) is 23.8 Å². The van der Waals surface area contributed by atoms with Gasteiger partial charge in [-0.2, -0.15) is 5.26 Å². The number of nitriles is 1. The van der Waals surface area contributed by atoms with Crippen LogP contribution in [0.2, 0.25) is 0 Å². The van der Waals surface area contributed by atoms with E-state index >= 15 is 0 Å². The number of likely N-dealkylation sites (N-methyl/N-ethyl adjacent to an activating group) is 1. The topological polar surface area (TPSA) is 83.3 Å². The second kappa shape index (κ2) is 8.19. The lowest BCUT2D eigenvalue weighted by Gasteiger charge is -2.39. The number of amides is 1. The van der Waals surface area contributed by atoms with E-state index in [-0.39, 0.29) is 11.6 Å². The fourth-order valence-corrected chi connectivity index (χ4v) is 4.90. The smallest absolute Gasteiger partial charge is 0.358 e. The maximum Gasteiger partial charge on any atom is 0.358 e. The highest BCUT2D eigenvalue weighted by Gasteiger charge is 2.40. The molecule has 0 bridgehead atoms. The Morgan fingerprint density at radius 2 is 2.07 bits per heavy atom. The fraction of sp³-hybridized carbons (Fsp3) is 0.474. The van der Waals surface area contributed by atoms with Crippen LogP contribution in [0, 0.1) is 11.3 Å². The quantitative estimate of drug-likeness (QED) is 0.702. The van der Waals surface area contributed by atoms with Crippen molar-refractivity contribution in [3.63, 3.8) is 0 Å². The molecule has 3 rings (SSSR count). The average Bonchev–Trinajstić information content (AvgIpc) is 3.38. The van der Waals surface area contributed by atoms with E-state index in [9.17, 15) is 14.9 Å². The minimum absolute atomic E-state index is 0.193.